The summed E-state index contributed by atoms with van der Waals surface area (Å²) < 4.78 is 26.5. The van der Waals surface area contributed by atoms with Crippen molar-refractivity contribution in [3.05, 3.63) is 106 Å². The number of unbranched alkanes of at least 4 members (excludes halogenated alkanes) is 1. The van der Waals surface area contributed by atoms with Gasteiger partial charge in [0.25, 0.3) is 5.69 Å². The molecule has 0 unspecified atom stereocenters. The molecule has 10 nitrogen and oxygen atoms in total. The number of nitrogens with one attached hydrogen (secondary N) is 1. The number of anilines is 1. The minimum atomic E-state index is -4.03. The molecule has 218 valence electrons. The quantitative estimate of drug-likeness (QED) is 0.173. The number of nitro benzene ring substituents is 1. The van der Waals surface area contributed by atoms with Gasteiger partial charge in [-0.3, -0.25) is 24.0 Å². The number of nitrogens with zero attached hydrogens (tertiary/aromatic N) is 3. The molecule has 0 aromatic heterocycles. The highest BCUT2D eigenvalue weighted by Gasteiger charge is 2.33. The van der Waals surface area contributed by atoms with E-state index in [1.165, 1.54) is 23.1 Å². The zero-order chi connectivity index (χ0) is 30.0. The monoisotopic (exact) mass is 580 g/mol. The summed E-state index contributed by atoms with van der Waals surface area (Å²) >= 11 is 0. The second-order valence-electron chi connectivity index (χ2n) is 9.91. The Labute approximate surface area is 241 Å². The van der Waals surface area contributed by atoms with Crippen molar-refractivity contribution in [2.24, 2.45) is 0 Å². The van der Waals surface area contributed by atoms with E-state index in [4.69, 9.17) is 0 Å². The van der Waals surface area contributed by atoms with E-state index >= 15 is 0 Å². The maximum Gasteiger partial charge on any atom is 0.271 e. The van der Waals surface area contributed by atoms with Crippen LogP contribution in [0.3, 0.4) is 0 Å². The van der Waals surface area contributed by atoms with Crippen LogP contribution in [0.5, 0.6) is 0 Å². The lowest BCUT2D eigenvalue weighted by Crippen LogP contribution is -2.53. The fourth-order valence-electron chi connectivity index (χ4n) is 4.44. The number of sulfonamides is 1. The van der Waals surface area contributed by atoms with Crippen molar-refractivity contribution in [1.29, 1.82) is 0 Å². The molecule has 11 heteroatoms. The van der Waals surface area contributed by atoms with Gasteiger partial charge in [0.05, 0.1) is 16.9 Å². The highest BCUT2D eigenvalue weighted by atomic mass is 32.2. The number of benzene rings is 3. The number of rotatable bonds is 14. The first-order valence-electron chi connectivity index (χ1n) is 13.4. The Hall–Kier alpha value is -4.25. The third kappa shape index (κ3) is 9.14. The molecular formula is C30H36N4O6S. The Morgan fingerprint density at radius 3 is 2.29 bits per heavy atom. The second-order valence-corrected chi connectivity index (χ2v) is 11.8. The zero-order valence-electron chi connectivity index (χ0n) is 23.5. The van der Waals surface area contributed by atoms with Crippen molar-refractivity contribution in [1.82, 2.24) is 10.2 Å². The SMILES string of the molecule is CCCCNC(=O)[C@@H](Cc1ccccc1)N(Cc1cccc(C)c1)C(=O)CN(c1cccc([N+](=O)[O-])c1)S(C)(=O)=O. The molecular weight excluding hydrogens is 544 g/mol. The molecule has 0 bridgehead atoms. The summed E-state index contributed by atoms with van der Waals surface area (Å²) in [6.45, 7) is 3.79. The van der Waals surface area contributed by atoms with E-state index < -0.39 is 33.4 Å². The van der Waals surface area contributed by atoms with Gasteiger partial charge >= 0.3 is 0 Å². The lowest BCUT2D eigenvalue weighted by Gasteiger charge is -2.33. The van der Waals surface area contributed by atoms with Crippen LogP contribution in [0.25, 0.3) is 0 Å². The molecule has 0 spiro atoms. The largest absolute Gasteiger partial charge is 0.354 e. The predicted molar refractivity (Wildman–Crippen MR) is 159 cm³/mol. The molecule has 3 rings (SSSR count). The lowest BCUT2D eigenvalue weighted by atomic mass is 10.0. The number of hydrogen-bond acceptors (Lipinski definition) is 6. The molecule has 1 N–H and O–H groups in total. The van der Waals surface area contributed by atoms with E-state index in [0.717, 1.165) is 46.2 Å². The van der Waals surface area contributed by atoms with Crippen LogP contribution in [0.2, 0.25) is 0 Å². The summed E-state index contributed by atoms with van der Waals surface area (Å²) in [7, 11) is -4.03. The smallest absolute Gasteiger partial charge is 0.271 e. The standard InChI is InChI=1S/C30H36N4O6S/c1-4-5-17-31-30(36)28(19-24-12-7-6-8-13-24)32(21-25-14-9-11-23(2)18-25)29(35)22-33(41(3,39)40)26-15-10-16-27(20-26)34(37)38/h6-16,18,20,28H,4-5,17,19,21-22H2,1-3H3,(H,31,36)/t28-/m1/s1. The van der Waals surface area contributed by atoms with Crippen LogP contribution in [0, 0.1) is 17.0 Å². The minimum Gasteiger partial charge on any atom is -0.354 e. The van der Waals surface area contributed by atoms with E-state index in [1.54, 1.807) is 0 Å². The van der Waals surface area contributed by atoms with Crippen molar-refractivity contribution >= 4 is 33.2 Å². The zero-order valence-corrected chi connectivity index (χ0v) is 24.3. The molecule has 3 aromatic rings. The van der Waals surface area contributed by atoms with E-state index in [0.29, 0.717) is 6.54 Å². The summed E-state index contributed by atoms with van der Waals surface area (Å²) in [6, 6.07) is 21.0. The number of hydrogen-bond donors (Lipinski definition) is 1. The van der Waals surface area contributed by atoms with Crippen molar-refractivity contribution in [2.75, 3.05) is 23.7 Å². The summed E-state index contributed by atoms with van der Waals surface area (Å²) in [6.07, 6.45) is 2.79. The van der Waals surface area contributed by atoms with Crippen molar-refractivity contribution in [3.63, 3.8) is 0 Å². The van der Waals surface area contributed by atoms with Gasteiger partial charge in [-0.2, -0.15) is 0 Å². The number of nitro groups is 1. The van der Waals surface area contributed by atoms with E-state index in [2.05, 4.69) is 5.32 Å². The Morgan fingerprint density at radius 1 is 0.976 bits per heavy atom. The highest BCUT2D eigenvalue weighted by molar-refractivity contribution is 7.92. The number of carbonyl (C=O) groups is 2. The maximum absolute atomic E-state index is 14.1. The molecule has 0 saturated carbocycles. The molecule has 0 heterocycles. The topological polar surface area (TPSA) is 130 Å². The fraction of sp³-hybridized carbons (Fsp3) is 0.333. The average molecular weight is 581 g/mol. The van der Waals surface area contributed by atoms with E-state index in [1.807, 2.05) is 68.4 Å². The first-order valence-corrected chi connectivity index (χ1v) is 15.2. The predicted octanol–water partition coefficient (Wildman–Crippen LogP) is 4.23. The Bertz CT molecular complexity index is 1460. The molecule has 0 aliphatic carbocycles. The first kappa shape index (κ1) is 31.3. The van der Waals surface area contributed by atoms with Gasteiger partial charge in [0, 0.05) is 31.6 Å². The van der Waals surface area contributed by atoms with E-state index in [9.17, 15) is 28.1 Å². The van der Waals surface area contributed by atoms with Crippen LogP contribution in [-0.4, -0.2) is 55.4 Å². The van der Waals surface area contributed by atoms with Crippen LogP contribution in [0.15, 0.2) is 78.9 Å². The molecule has 0 aliphatic rings. The molecule has 0 saturated heterocycles. The van der Waals surface area contributed by atoms with Gasteiger partial charge in [-0.15, -0.1) is 0 Å². The molecule has 0 radical (unpaired) electrons. The van der Waals surface area contributed by atoms with Crippen LogP contribution < -0.4 is 9.62 Å². The first-order chi connectivity index (χ1) is 19.5. The third-order valence-corrected chi connectivity index (χ3v) is 7.68. The molecule has 0 fully saturated rings. The number of non-ortho nitro benzene ring substituents is 1. The van der Waals surface area contributed by atoms with Gasteiger partial charge in [-0.25, -0.2) is 8.42 Å². The maximum atomic E-state index is 14.1. The fourth-order valence-corrected chi connectivity index (χ4v) is 5.28. The number of aryl methyl sites for hydroxylation is 1. The van der Waals surface area contributed by atoms with Gasteiger partial charge in [-0.1, -0.05) is 79.6 Å². The van der Waals surface area contributed by atoms with Crippen LogP contribution >= 0.6 is 0 Å². The second kappa shape index (κ2) is 14.4. The van der Waals surface area contributed by atoms with Crippen LogP contribution in [0.4, 0.5) is 11.4 Å². The third-order valence-electron chi connectivity index (χ3n) is 6.54. The van der Waals surface area contributed by atoms with Gasteiger partial charge in [-0.05, 0) is 30.5 Å². The molecule has 1 atom stereocenters. The number of amides is 2. The normalized spacial score (nSPS) is 11.9. The van der Waals surface area contributed by atoms with Gasteiger partial charge in [0.2, 0.25) is 21.8 Å². The van der Waals surface area contributed by atoms with Crippen molar-refractivity contribution in [2.45, 2.75) is 45.7 Å². The van der Waals surface area contributed by atoms with Crippen LogP contribution in [0.1, 0.15) is 36.5 Å². The number of carbonyl (C=O) groups excluding carboxylic acids is 2. The van der Waals surface area contributed by atoms with Gasteiger partial charge in [0.15, 0.2) is 0 Å². The van der Waals surface area contributed by atoms with Gasteiger partial charge in [0.1, 0.15) is 12.6 Å². The Morgan fingerprint density at radius 2 is 1.66 bits per heavy atom. The highest BCUT2D eigenvalue weighted by Crippen LogP contribution is 2.24. The summed E-state index contributed by atoms with van der Waals surface area (Å²) in [5, 5.41) is 14.3. The minimum absolute atomic E-state index is 0.0161. The van der Waals surface area contributed by atoms with Gasteiger partial charge < -0.3 is 10.2 Å². The summed E-state index contributed by atoms with van der Waals surface area (Å²) in [5.41, 5.74) is 2.26. The Kier molecular flexibility index (Phi) is 11.0. The van der Waals surface area contributed by atoms with Crippen LogP contribution in [-0.2, 0) is 32.6 Å². The summed E-state index contributed by atoms with van der Waals surface area (Å²) in [4.78, 5) is 39.8. The van der Waals surface area contributed by atoms with Crippen molar-refractivity contribution < 1.29 is 22.9 Å². The summed E-state index contributed by atoms with van der Waals surface area (Å²) in [5.74, 6) is -0.959. The lowest BCUT2D eigenvalue weighted by molar-refractivity contribution is -0.384. The molecule has 0 aliphatic heterocycles. The van der Waals surface area contributed by atoms with Crippen molar-refractivity contribution in [3.8, 4) is 0 Å². The Balaban J connectivity index is 2.05. The molecule has 41 heavy (non-hydrogen) atoms. The molecule has 3 aromatic carbocycles. The van der Waals surface area contributed by atoms with E-state index in [-0.39, 0.29) is 30.2 Å². The molecule has 2 amide bonds. The average Bonchev–Trinajstić information content (AvgIpc) is 2.93.